The zero-order valence-corrected chi connectivity index (χ0v) is 9.20. The topological polar surface area (TPSA) is 44.8 Å². The number of rotatable bonds is 2. The summed E-state index contributed by atoms with van der Waals surface area (Å²) in [5.74, 6) is 0. The highest BCUT2D eigenvalue weighted by Crippen LogP contribution is 2.35. The largest absolute Gasteiger partial charge is 0.301 e. The van der Waals surface area contributed by atoms with Crippen molar-refractivity contribution in [3.05, 3.63) is 11.9 Å². The average Bonchev–Trinajstić information content (AvgIpc) is 2.71. The van der Waals surface area contributed by atoms with Crippen LogP contribution in [-0.2, 0) is 5.67 Å². The molecule has 2 rings (SSSR count). The number of piperidine rings is 1. The Hall–Kier alpha value is -0.970. The highest BCUT2D eigenvalue weighted by Gasteiger charge is 2.38. The molecule has 1 fully saturated rings. The third-order valence-electron chi connectivity index (χ3n) is 3.19. The molecule has 0 spiro atoms. The second-order valence-corrected chi connectivity index (χ2v) is 4.45. The van der Waals surface area contributed by atoms with Gasteiger partial charge < -0.3 is 4.90 Å². The summed E-state index contributed by atoms with van der Waals surface area (Å²) in [6.07, 6.45) is 2.51. The van der Waals surface area contributed by atoms with E-state index >= 15 is 0 Å². The maximum absolute atomic E-state index is 14.4. The Labute approximate surface area is 88.9 Å². The fraction of sp³-hybridized carbons (Fsp3) is 0.800. The molecule has 0 bridgehead atoms. The average molecular weight is 212 g/mol. The van der Waals surface area contributed by atoms with Crippen molar-refractivity contribution in [1.82, 2.24) is 20.3 Å². The first kappa shape index (κ1) is 10.5. The van der Waals surface area contributed by atoms with Gasteiger partial charge in [-0.15, -0.1) is 0 Å². The number of aromatic amines is 1. The van der Waals surface area contributed by atoms with Crippen LogP contribution in [0.4, 0.5) is 4.39 Å². The Bertz CT molecular complexity index is 301. The number of alkyl halides is 1. The van der Waals surface area contributed by atoms with Crippen molar-refractivity contribution in [1.29, 1.82) is 0 Å². The molecule has 1 aliphatic rings. The lowest BCUT2D eigenvalue weighted by molar-refractivity contribution is 0.0394. The highest BCUT2D eigenvalue weighted by atomic mass is 19.1. The molecule has 0 radical (unpaired) electrons. The lowest BCUT2D eigenvalue weighted by Crippen LogP contribution is -2.43. The molecule has 0 atom stereocenters. The van der Waals surface area contributed by atoms with Crippen molar-refractivity contribution < 1.29 is 4.39 Å². The lowest BCUT2D eigenvalue weighted by atomic mass is 9.90. The molecule has 1 saturated heterocycles. The summed E-state index contributed by atoms with van der Waals surface area (Å²) in [5, 5.41) is 9.99. The van der Waals surface area contributed by atoms with Gasteiger partial charge in [-0.25, -0.2) is 4.39 Å². The first-order chi connectivity index (χ1) is 7.12. The van der Waals surface area contributed by atoms with Gasteiger partial charge in [-0.1, -0.05) is 0 Å². The van der Waals surface area contributed by atoms with Crippen molar-refractivity contribution in [3.8, 4) is 0 Å². The molecule has 0 aliphatic carbocycles. The van der Waals surface area contributed by atoms with E-state index in [4.69, 9.17) is 0 Å². The van der Waals surface area contributed by atoms with E-state index in [9.17, 15) is 4.39 Å². The molecule has 1 aromatic rings. The van der Waals surface area contributed by atoms with Crippen LogP contribution in [0, 0.1) is 0 Å². The van der Waals surface area contributed by atoms with E-state index in [0.717, 1.165) is 13.1 Å². The second kappa shape index (κ2) is 3.89. The summed E-state index contributed by atoms with van der Waals surface area (Å²) < 4.78 is 14.4. The Kier molecular flexibility index (Phi) is 2.73. The van der Waals surface area contributed by atoms with Gasteiger partial charge in [-0.3, -0.25) is 0 Å². The molecular weight excluding hydrogens is 195 g/mol. The zero-order valence-electron chi connectivity index (χ0n) is 9.20. The fourth-order valence-corrected chi connectivity index (χ4v) is 2.07. The van der Waals surface area contributed by atoms with Gasteiger partial charge in [0.25, 0.3) is 0 Å². The van der Waals surface area contributed by atoms with Crippen LogP contribution < -0.4 is 0 Å². The van der Waals surface area contributed by atoms with Crippen molar-refractivity contribution in [3.63, 3.8) is 0 Å². The molecular formula is C10H17FN4. The van der Waals surface area contributed by atoms with Crippen LogP contribution in [-0.4, -0.2) is 39.4 Å². The van der Waals surface area contributed by atoms with Crippen molar-refractivity contribution in [2.75, 3.05) is 13.1 Å². The fourth-order valence-electron chi connectivity index (χ4n) is 2.07. The van der Waals surface area contributed by atoms with Crippen LogP contribution in [0.2, 0.25) is 0 Å². The normalized spacial score (nSPS) is 22.1. The number of hydrogen-bond donors (Lipinski definition) is 1. The summed E-state index contributed by atoms with van der Waals surface area (Å²) in [6.45, 7) is 5.87. The molecule has 1 aromatic heterocycles. The Morgan fingerprint density at radius 3 is 2.60 bits per heavy atom. The van der Waals surface area contributed by atoms with Crippen LogP contribution in [0.1, 0.15) is 32.4 Å². The molecule has 4 nitrogen and oxygen atoms in total. The Morgan fingerprint density at radius 1 is 1.47 bits per heavy atom. The number of hydrogen-bond acceptors (Lipinski definition) is 3. The predicted octanol–water partition coefficient (Wildman–Crippen LogP) is 1.47. The van der Waals surface area contributed by atoms with Crippen molar-refractivity contribution >= 4 is 0 Å². The minimum atomic E-state index is -1.28. The minimum Gasteiger partial charge on any atom is -0.301 e. The molecule has 0 saturated carbocycles. The van der Waals surface area contributed by atoms with E-state index in [1.807, 2.05) is 0 Å². The van der Waals surface area contributed by atoms with E-state index in [0.29, 0.717) is 24.6 Å². The van der Waals surface area contributed by atoms with Crippen LogP contribution in [0.15, 0.2) is 6.20 Å². The molecule has 1 N–H and O–H groups in total. The summed E-state index contributed by atoms with van der Waals surface area (Å²) >= 11 is 0. The predicted molar refractivity (Wildman–Crippen MR) is 55.1 cm³/mol. The van der Waals surface area contributed by atoms with Crippen LogP contribution in [0.25, 0.3) is 0 Å². The molecule has 84 valence electrons. The second-order valence-electron chi connectivity index (χ2n) is 4.45. The van der Waals surface area contributed by atoms with Gasteiger partial charge in [0.1, 0.15) is 5.69 Å². The van der Waals surface area contributed by atoms with Gasteiger partial charge in [-0.05, 0) is 13.8 Å². The van der Waals surface area contributed by atoms with Crippen molar-refractivity contribution in [2.45, 2.75) is 38.4 Å². The van der Waals surface area contributed by atoms with E-state index in [2.05, 4.69) is 34.2 Å². The quantitative estimate of drug-likeness (QED) is 0.807. The third-order valence-corrected chi connectivity index (χ3v) is 3.19. The minimum absolute atomic E-state index is 0.450. The van der Waals surface area contributed by atoms with E-state index in [-0.39, 0.29) is 0 Å². The van der Waals surface area contributed by atoms with Gasteiger partial charge in [0.15, 0.2) is 5.67 Å². The standard InChI is InChI=1S/C10H17FN4/c1-8(2)15-5-3-10(11,4-6-15)9-7-12-14-13-9/h7-8H,3-6H2,1-2H3,(H,12,13,14). The van der Waals surface area contributed by atoms with Crippen LogP contribution >= 0.6 is 0 Å². The number of nitrogens with one attached hydrogen (secondary N) is 1. The maximum atomic E-state index is 14.4. The first-order valence-electron chi connectivity index (χ1n) is 5.41. The van der Waals surface area contributed by atoms with Gasteiger partial charge in [0.2, 0.25) is 0 Å². The monoisotopic (exact) mass is 212 g/mol. The van der Waals surface area contributed by atoms with Gasteiger partial charge in [0, 0.05) is 32.0 Å². The van der Waals surface area contributed by atoms with Gasteiger partial charge >= 0.3 is 0 Å². The van der Waals surface area contributed by atoms with Crippen LogP contribution in [0.3, 0.4) is 0 Å². The van der Waals surface area contributed by atoms with Gasteiger partial charge in [-0.2, -0.15) is 15.4 Å². The van der Waals surface area contributed by atoms with Crippen molar-refractivity contribution in [2.24, 2.45) is 0 Å². The first-order valence-corrected chi connectivity index (χ1v) is 5.41. The van der Waals surface area contributed by atoms with Crippen LogP contribution in [0.5, 0.6) is 0 Å². The molecule has 0 amide bonds. The molecule has 0 unspecified atom stereocenters. The highest BCUT2D eigenvalue weighted by molar-refractivity contribution is 5.08. The summed E-state index contributed by atoms with van der Waals surface area (Å²) in [5.41, 5.74) is -0.829. The summed E-state index contributed by atoms with van der Waals surface area (Å²) in [4.78, 5) is 2.29. The van der Waals surface area contributed by atoms with E-state index in [1.54, 1.807) is 0 Å². The third kappa shape index (κ3) is 2.02. The molecule has 1 aliphatic heterocycles. The summed E-state index contributed by atoms with van der Waals surface area (Å²) in [6, 6.07) is 0.492. The van der Waals surface area contributed by atoms with Gasteiger partial charge in [0.05, 0.1) is 6.20 Å². The van der Waals surface area contributed by atoms with E-state index < -0.39 is 5.67 Å². The Balaban J connectivity index is 2.03. The number of aromatic nitrogens is 3. The molecule has 0 aromatic carbocycles. The summed E-state index contributed by atoms with van der Waals surface area (Å²) in [7, 11) is 0. The smallest absolute Gasteiger partial charge is 0.158 e. The maximum Gasteiger partial charge on any atom is 0.158 e. The molecule has 5 heteroatoms. The Morgan fingerprint density at radius 2 is 2.13 bits per heavy atom. The zero-order chi connectivity index (χ0) is 10.9. The lowest BCUT2D eigenvalue weighted by Gasteiger charge is -2.37. The number of halogens is 1. The number of nitrogens with zero attached hydrogens (tertiary/aromatic N) is 3. The molecule has 2 heterocycles. The number of H-pyrrole nitrogens is 1. The number of likely N-dealkylation sites (tertiary alicyclic amines) is 1. The molecule has 15 heavy (non-hydrogen) atoms. The SMILES string of the molecule is CC(C)N1CCC(F)(c2cn[nH]n2)CC1. The van der Waals surface area contributed by atoms with E-state index in [1.165, 1.54) is 6.20 Å².